The lowest BCUT2D eigenvalue weighted by Crippen LogP contribution is -2.25. The lowest BCUT2D eigenvalue weighted by molar-refractivity contribution is -0.119. The van der Waals surface area contributed by atoms with Crippen LogP contribution < -0.4 is 5.73 Å². The minimum absolute atomic E-state index is 0.449. The standard InChI is InChI=1S/C5H8N2O2/c1-2-4(5(6)9)7-3-8/h4H,2H2,1H3,(H2,6,9). The van der Waals surface area contributed by atoms with Crippen molar-refractivity contribution < 1.29 is 9.59 Å². The van der Waals surface area contributed by atoms with E-state index < -0.39 is 11.9 Å². The first-order valence-corrected chi connectivity index (χ1v) is 2.58. The van der Waals surface area contributed by atoms with Crippen LogP contribution in [-0.4, -0.2) is 18.0 Å². The van der Waals surface area contributed by atoms with Crippen molar-refractivity contribution in [3.8, 4) is 0 Å². The number of primary amides is 1. The zero-order valence-corrected chi connectivity index (χ0v) is 5.13. The van der Waals surface area contributed by atoms with Crippen LogP contribution in [0.3, 0.4) is 0 Å². The Labute approximate surface area is 52.8 Å². The molecule has 1 unspecified atom stereocenters. The smallest absolute Gasteiger partial charge is 0.243 e. The highest BCUT2D eigenvalue weighted by Crippen LogP contribution is 1.92. The van der Waals surface area contributed by atoms with Gasteiger partial charge in [0.15, 0.2) is 0 Å². The lowest BCUT2D eigenvalue weighted by Gasteiger charge is -1.98. The molecule has 4 heteroatoms. The van der Waals surface area contributed by atoms with Gasteiger partial charge in [0.1, 0.15) is 6.04 Å². The third-order valence-electron chi connectivity index (χ3n) is 0.924. The van der Waals surface area contributed by atoms with Crippen molar-refractivity contribution in [2.45, 2.75) is 19.4 Å². The van der Waals surface area contributed by atoms with Crippen LogP contribution in [0.4, 0.5) is 0 Å². The summed E-state index contributed by atoms with van der Waals surface area (Å²) in [7, 11) is 0. The molecular formula is C5H8N2O2. The van der Waals surface area contributed by atoms with Crippen LogP contribution in [0.5, 0.6) is 0 Å². The van der Waals surface area contributed by atoms with Gasteiger partial charge in [0.25, 0.3) is 0 Å². The summed E-state index contributed by atoms with van der Waals surface area (Å²) in [6.07, 6.45) is 1.72. The second-order valence-corrected chi connectivity index (χ2v) is 1.55. The molecule has 0 bridgehead atoms. The Hall–Kier alpha value is -1.15. The van der Waals surface area contributed by atoms with Gasteiger partial charge in [0.05, 0.1) is 0 Å². The number of hydrogen-bond donors (Lipinski definition) is 1. The topological polar surface area (TPSA) is 72.5 Å². The minimum atomic E-state index is -0.692. The molecule has 0 rings (SSSR count). The summed E-state index contributed by atoms with van der Waals surface area (Å²) in [6.45, 7) is 1.72. The molecule has 1 atom stereocenters. The van der Waals surface area contributed by atoms with Gasteiger partial charge in [-0.05, 0) is 6.42 Å². The first-order chi connectivity index (χ1) is 4.22. The summed E-state index contributed by atoms with van der Waals surface area (Å²) in [6, 6.07) is -0.692. The van der Waals surface area contributed by atoms with E-state index in [-0.39, 0.29) is 0 Å². The van der Waals surface area contributed by atoms with Crippen LogP contribution in [0.1, 0.15) is 13.3 Å². The molecule has 0 aliphatic carbocycles. The van der Waals surface area contributed by atoms with Gasteiger partial charge in [-0.15, -0.1) is 0 Å². The van der Waals surface area contributed by atoms with Gasteiger partial charge in [-0.25, -0.2) is 4.79 Å². The van der Waals surface area contributed by atoms with Crippen LogP contribution in [0.2, 0.25) is 0 Å². The Morgan fingerprint density at radius 2 is 2.44 bits per heavy atom. The van der Waals surface area contributed by atoms with Crippen molar-refractivity contribution in [1.82, 2.24) is 0 Å². The van der Waals surface area contributed by atoms with Crippen LogP contribution in [0.15, 0.2) is 4.99 Å². The average Bonchev–Trinajstić information content (AvgIpc) is 1.82. The van der Waals surface area contributed by atoms with E-state index in [4.69, 9.17) is 5.73 Å². The largest absolute Gasteiger partial charge is 0.368 e. The van der Waals surface area contributed by atoms with Gasteiger partial charge in [-0.1, -0.05) is 6.92 Å². The molecule has 0 saturated carbocycles. The quantitative estimate of drug-likeness (QED) is 0.414. The van der Waals surface area contributed by atoms with Gasteiger partial charge in [0, 0.05) is 0 Å². The van der Waals surface area contributed by atoms with Crippen molar-refractivity contribution in [1.29, 1.82) is 0 Å². The summed E-state index contributed by atoms with van der Waals surface area (Å²) >= 11 is 0. The second-order valence-electron chi connectivity index (χ2n) is 1.55. The van der Waals surface area contributed by atoms with Crippen molar-refractivity contribution in [2.24, 2.45) is 10.7 Å². The lowest BCUT2D eigenvalue weighted by atomic mass is 10.2. The third-order valence-corrected chi connectivity index (χ3v) is 0.924. The van der Waals surface area contributed by atoms with E-state index in [0.717, 1.165) is 0 Å². The molecule has 0 aliphatic heterocycles. The maximum Gasteiger partial charge on any atom is 0.243 e. The summed E-state index contributed by atoms with van der Waals surface area (Å²) < 4.78 is 0. The molecule has 2 N–H and O–H groups in total. The molecule has 0 aromatic carbocycles. The predicted octanol–water partition coefficient (Wildman–Crippen LogP) is -0.414. The molecule has 9 heavy (non-hydrogen) atoms. The summed E-state index contributed by atoms with van der Waals surface area (Å²) in [4.78, 5) is 23.0. The fourth-order valence-corrected chi connectivity index (χ4v) is 0.420. The van der Waals surface area contributed by atoms with E-state index in [2.05, 4.69) is 4.99 Å². The molecule has 0 aliphatic rings. The van der Waals surface area contributed by atoms with Crippen LogP contribution in [-0.2, 0) is 9.59 Å². The number of aliphatic imine (C=N–C) groups is 1. The van der Waals surface area contributed by atoms with Crippen molar-refractivity contribution >= 4 is 12.0 Å². The SMILES string of the molecule is CCC(N=C=O)C(N)=O. The van der Waals surface area contributed by atoms with E-state index >= 15 is 0 Å². The number of nitrogens with two attached hydrogens (primary N) is 1. The van der Waals surface area contributed by atoms with Gasteiger partial charge in [-0.2, -0.15) is 4.99 Å². The number of carbonyl (C=O) groups excluding carboxylic acids is 2. The zero-order chi connectivity index (χ0) is 7.28. The highest BCUT2D eigenvalue weighted by Gasteiger charge is 2.08. The minimum Gasteiger partial charge on any atom is -0.368 e. The molecule has 0 aromatic rings. The normalized spacial score (nSPS) is 11.7. The predicted molar refractivity (Wildman–Crippen MR) is 31.4 cm³/mol. The Morgan fingerprint density at radius 1 is 1.89 bits per heavy atom. The molecule has 0 radical (unpaired) electrons. The van der Waals surface area contributed by atoms with E-state index in [9.17, 15) is 9.59 Å². The highest BCUT2D eigenvalue weighted by atomic mass is 16.1. The first kappa shape index (κ1) is 7.85. The number of amides is 1. The molecule has 0 heterocycles. The Morgan fingerprint density at radius 3 is 2.56 bits per heavy atom. The summed E-state index contributed by atoms with van der Waals surface area (Å²) in [5.74, 6) is -0.583. The van der Waals surface area contributed by atoms with Crippen molar-refractivity contribution in [2.75, 3.05) is 0 Å². The van der Waals surface area contributed by atoms with Crippen LogP contribution in [0.25, 0.3) is 0 Å². The van der Waals surface area contributed by atoms with Gasteiger partial charge >= 0.3 is 0 Å². The molecule has 0 spiro atoms. The first-order valence-electron chi connectivity index (χ1n) is 2.58. The Kier molecular flexibility index (Phi) is 3.32. The highest BCUT2D eigenvalue weighted by molar-refractivity contribution is 5.80. The number of hydrogen-bond acceptors (Lipinski definition) is 3. The molecule has 4 nitrogen and oxygen atoms in total. The van der Waals surface area contributed by atoms with Gasteiger partial charge < -0.3 is 5.73 Å². The van der Waals surface area contributed by atoms with Crippen LogP contribution in [0, 0.1) is 0 Å². The molecule has 50 valence electrons. The molecular weight excluding hydrogens is 120 g/mol. The number of carbonyl (C=O) groups is 1. The molecule has 0 saturated heterocycles. The number of rotatable bonds is 3. The fraction of sp³-hybridized carbons (Fsp3) is 0.600. The zero-order valence-electron chi connectivity index (χ0n) is 5.13. The molecule has 0 aromatic heterocycles. The maximum atomic E-state index is 10.3. The maximum absolute atomic E-state index is 10.3. The van der Waals surface area contributed by atoms with Gasteiger partial charge in [0.2, 0.25) is 12.0 Å². The van der Waals surface area contributed by atoms with Crippen molar-refractivity contribution in [3.63, 3.8) is 0 Å². The average molecular weight is 128 g/mol. The van der Waals surface area contributed by atoms with E-state index in [1.165, 1.54) is 6.08 Å². The Balaban J connectivity index is 3.98. The summed E-state index contributed by atoms with van der Waals surface area (Å²) in [5.41, 5.74) is 4.82. The van der Waals surface area contributed by atoms with Crippen LogP contribution >= 0.6 is 0 Å². The fourth-order valence-electron chi connectivity index (χ4n) is 0.420. The number of nitrogens with zero attached hydrogens (tertiary/aromatic N) is 1. The molecule has 0 fully saturated rings. The third kappa shape index (κ3) is 2.61. The Bertz CT molecular complexity index is 147. The van der Waals surface area contributed by atoms with E-state index in [1.54, 1.807) is 6.92 Å². The summed E-state index contributed by atoms with van der Waals surface area (Å²) in [5, 5.41) is 0. The van der Waals surface area contributed by atoms with Crippen molar-refractivity contribution in [3.05, 3.63) is 0 Å². The number of isocyanates is 1. The van der Waals surface area contributed by atoms with E-state index in [1.807, 2.05) is 0 Å². The molecule has 1 amide bonds. The van der Waals surface area contributed by atoms with Gasteiger partial charge in [-0.3, -0.25) is 4.79 Å². The monoisotopic (exact) mass is 128 g/mol. The second kappa shape index (κ2) is 3.80. The van der Waals surface area contributed by atoms with E-state index in [0.29, 0.717) is 6.42 Å².